The van der Waals surface area contributed by atoms with Gasteiger partial charge in [0.2, 0.25) is 5.95 Å². The van der Waals surface area contributed by atoms with Crippen LogP contribution in [0.25, 0.3) is 11.0 Å². The molecule has 2 N–H and O–H groups in total. The summed E-state index contributed by atoms with van der Waals surface area (Å²) < 4.78 is 15.6. The Balaban J connectivity index is 2.70. The third-order valence-electron chi connectivity index (χ3n) is 2.27. The number of halogens is 2. The van der Waals surface area contributed by atoms with E-state index in [4.69, 9.17) is 5.73 Å². The highest BCUT2D eigenvalue weighted by Gasteiger charge is 2.10. The quantitative estimate of drug-likeness (QED) is 0.913. The van der Waals surface area contributed by atoms with Gasteiger partial charge in [-0.3, -0.25) is 0 Å². The Morgan fingerprint density at radius 2 is 2.27 bits per heavy atom. The van der Waals surface area contributed by atoms with Crippen LogP contribution in [0.2, 0.25) is 0 Å². The standard InChI is InChI=1S/C10H11BrFN3/c1-2-3-15-9-4-6(11)7(12)5-8(9)14-10(15)13/h4-5H,2-3H2,1H3,(H2,13,14). The van der Waals surface area contributed by atoms with Crippen molar-refractivity contribution in [3.05, 3.63) is 22.4 Å². The molecule has 0 fully saturated rings. The normalized spacial score (nSPS) is 11.1. The van der Waals surface area contributed by atoms with Crippen molar-refractivity contribution in [1.82, 2.24) is 9.55 Å². The zero-order chi connectivity index (χ0) is 11.0. The van der Waals surface area contributed by atoms with Crippen LogP contribution in [0.3, 0.4) is 0 Å². The maximum atomic E-state index is 13.2. The molecule has 0 aliphatic rings. The lowest BCUT2D eigenvalue weighted by molar-refractivity contribution is 0.622. The molecule has 0 saturated heterocycles. The SMILES string of the molecule is CCCn1c(N)nc2cc(F)c(Br)cc21. The van der Waals surface area contributed by atoms with E-state index in [1.54, 1.807) is 6.07 Å². The fraction of sp³-hybridized carbons (Fsp3) is 0.300. The van der Waals surface area contributed by atoms with E-state index in [0.717, 1.165) is 18.5 Å². The molecule has 3 nitrogen and oxygen atoms in total. The van der Waals surface area contributed by atoms with Crippen LogP contribution in [0.4, 0.5) is 10.3 Å². The van der Waals surface area contributed by atoms with Crippen LogP contribution in [0.5, 0.6) is 0 Å². The van der Waals surface area contributed by atoms with E-state index in [9.17, 15) is 4.39 Å². The number of nitrogen functional groups attached to an aromatic ring is 1. The van der Waals surface area contributed by atoms with Crippen LogP contribution >= 0.6 is 15.9 Å². The lowest BCUT2D eigenvalue weighted by Crippen LogP contribution is -2.02. The van der Waals surface area contributed by atoms with Gasteiger partial charge in [-0.05, 0) is 28.4 Å². The molecule has 80 valence electrons. The van der Waals surface area contributed by atoms with Gasteiger partial charge in [-0.2, -0.15) is 0 Å². The largest absolute Gasteiger partial charge is 0.369 e. The third kappa shape index (κ3) is 1.71. The molecule has 0 unspecified atom stereocenters. The van der Waals surface area contributed by atoms with Crippen LogP contribution in [-0.4, -0.2) is 9.55 Å². The molecule has 5 heteroatoms. The monoisotopic (exact) mass is 271 g/mol. The lowest BCUT2D eigenvalue weighted by Gasteiger charge is -2.03. The molecule has 0 radical (unpaired) electrons. The molecule has 1 aromatic carbocycles. The Morgan fingerprint density at radius 3 is 2.93 bits per heavy atom. The fourth-order valence-corrected chi connectivity index (χ4v) is 1.93. The minimum absolute atomic E-state index is 0.316. The first-order valence-electron chi connectivity index (χ1n) is 4.74. The van der Waals surface area contributed by atoms with E-state index in [2.05, 4.69) is 27.8 Å². The topological polar surface area (TPSA) is 43.8 Å². The Kier molecular flexibility index (Phi) is 2.65. The zero-order valence-electron chi connectivity index (χ0n) is 8.30. The molecular formula is C10H11BrFN3. The minimum atomic E-state index is -0.316. The van der Waals surface area contributed by atoms with Crippen molar-refractivity contribution in [3.8, 4) is 0 Å². The van der Waals surface area contributed by atoms with Crippen LogP contribution < -0.4 is 5.73 Å². The number of nitrogens with zero attached hydrogens (tertiary/aromatic N) is 2. The van der Waals surface area contributed by atoms with Gasteiger partial charge in [0.25, 0.3) is 0 Å². The number of nitrogens with two attached hydrogens (primary N) is 1. The van der Waals surface area contributed by atoms with Crippen molar-refractivity contribution < 1.29 is 4.39 Å². The second-order valence-electron chi connectivity index (χ2n) is 3.38. The van der Waals surface area contributed by atoms with Crippen molar-refractivity contribution >= 4 is 32.9 Å². The smallest absolute Gasteiger partial charge is 0.201 e. The number of aromatic nitrogens is 2. The van der Waals surface area contributed by atoms with Gasteiger partial charge in [0.05, 0.1) is 15.5 Å². The molecule has 15 heavy (non-hydrogen) atoms. The number of fused-ring (bicyclic) bond motifs is 1. The summed E-state index contributed by atoms with van der Waals surface area (Å²) in [4.78, 5) is 4.11. The first kappa shape index (κ1) is 10.4. The molecule has 0 atom stereocenters. The van der Waals surface area contributed by atoms with E-state index in [-0.39, 0.29) is 5.82 Å². The number of benzene rings is 1. The highest BCUT2D eigenvalue weighted by Crippen LogP contribution is 2.25. The van der Waals surface area contributed by atoms with Gasteiger partial charge in [0.15, 0.2) is 0 Å². The molecule has 2 aromatic rings. The van der Waals surface area contributed by atoms with Gasteiger partial charge >= 0.3 is 0 Å². The average Bonchev–Trinajstić information content (AvgIpc) is 2.46. The van der Waals surface area contributed by atoms with E-state index in [1.807, 2.05) is 4.57 Å². The fourth-order valence-electron chi connectivity index (χ4n) is 1.60. The first-order valence-corrected chi connectivity index (χ1v) is 5.53. The van der Waals surface area contributed by atoms with E-state index >= 15 is 0 Å². The van der Waals surface area contributed by atoms with E-state index in [0.29, 0.717) is 15.9 Å². The Bertz CT molecular complexity index is 507. The second-order valence-corrected chi connectivity index (χ2v) is 4.23. The number of aryl methyl sites for hydroxylation is 1. The summed E-state index contributed by atoms with van der Waals surface area (Å²) in [6, 6.07) is 3.10. The molecule has 1 heterocycles. The number of hydrogen-bond donors (Lipinski definition) is 1. The highest BCUT2D eigenvalue weighted by molar-refractivity contribution is 9.10. The Labute approximate surface area is 95.2 Å². The van der Waals surface area contributed by atoms with Crippen molar-refractivity contribution in [2.75, 3.05) is 5.73 Å². The lowest BCUT2D eigenvalue weighted by atomic mass is 10.3. The van der Waals surface area contributed by atoms with Crippen LogP contribution in [0, 0.1) is 5.82 Å². The zero-order valence-corrected chi connectivity index (χ0v) is 9.88. The summed E-state index contributed by atoms with van der Waals surface area (Å²) in [5.74, 6) is 0.119. The molecule has 0 saturated carbocycles. The second kappa shape index (κ2) is 3.81. The number of rotatable bonds is 2. The van der Waals surface area contributed by atoms with E-state index < -0.39 is 0 Å². The molecule has 2 rings (SSSR count). The van der Waals surface area contributed by atoms with Gasteiger partial charge in [-0.25, -0.2) is 9.37 Å². The van der Waals surface area contributed by atoms with Crippen LogP contribution in [0.1, 0.15) is 13.3 Å². The van der Waals surface area contributed by atoms with Gasteiger partial charge in [-0.1, -0.05) is 6.92 Å². The van der Waals surface area contributed by atoms with Gasteiger partial charge < -0.3 is 10.3 Å². The molecule has 1 aromatic heterocycles. The molecule has 0 amide bonds. The summed E-state index contributed by atoms with van der Waals surface area (Å²) in [7, 11) is 0. The summed E-state index contributed by atoms with van der Waals surface area (Å²) in [5.41, 5.74) is 7.22. The third-order valence-corrected chi connectivity index (χ3v) is 2.87. The first-order chi connectivity index (χ1) is 7.13. The predicted molar refractivity (Wildman–Crippen MR) is 62.1 cm³/mol. The summed E-state index contributed by atoms with van der Waals surface area (Å²) in [5, 5.41) is 0. The Morgan fingerprint density at radius 1 is 1.53 bits per heavy atom. The predicted octanol–water partition coefficient (Wildman–Crippen LogP) is 2.93. The number of hydrogen-bond acceptors (Lipinski definition) is 2. The van der Waals surface area contributed by atoms with Crippen molar-refractivity contribution in [3.63, 3.8) is 0 Å². The van der Waals surface area contributed by atoms with Gasteiger partial charge in [-0.15, -0.1) is 0 Å². The summed E-state index contributed by atoms with van der Waals surface area (Å²) in [6.07, 6.45) is 0.963. The molecule has 0 bridgehead atoms. The summed E-state index contributed by atoms with van der Waals surface area (Å²) in [6.45, 7) is 2.85. The molecule has 0 aliphatic heterocycles. The van der Waals surface area contributed by atoms with Crippen molar-refractivity contribution in [2.24, 2.45) is 0 Å². The van der Waals surface area contributed by atoms with Gasteiger partial charge in [0.1, 0.15) is 5.82 Å². The van der Waals surface area contributed by atoms with E-state index in [1.165, 1.54) is 6.07 Å². The highest BCUT2D eigenvalue weighted by atomic mass is 79.9. The average molecular weight is 272 g/mol. The molecular weight excluding hydrogens is 261 g/mol. The Hall–Kier alpha value is -1.10. The maximum absolute atomic E-state index is 13.2. The molecule has 0 spiro atoms. The molecule has 0 aliphatic carbocycles. The maximum Gasteiger partial charge on any atom is 0.201 e. The van der Waals surface area contributed by atoms with Crippen LogP contribution in [0.15, 0.2) is 16.6 Å². The minimum Gasteiger partial charge on any atom is -0.369 e. The number of imidazole rings is 1. The van der Waals surface area contributed by atoms with Crippen LogP contribution in [-0.2, 0) is 6.54 Å². The van der Waals surface area contributed by atoms with Crippen molar-refractivity contribution in [2.45, 2.75) is 19.9 Å². The summed E-state index contributed by atoms with van der Waals surface area (Å²) >= 11 is 3.15. The number of anilines is 1. The van der Waals surface area contributed by atoms with Gasteiger partial charge in [0, 0.05) is 12.6 Å². The van der Waals surface area contributed by atoms with Crippen molar-refractivity contribution in [1.29, 1.82) is 0 Å².